The average molecular weight is 314 g/mol. The molecule has 2 rings (SSSR count). The summed E-state index contributed by atoms with van der Waals surface area (Å²) in [5.74, 6) is -0.458. The molecule has 7 heteroatoms. The fourth-order valence-corrected chi connectivity index (χ4v) is 1.94. The van der Waals surface area contributed by atoms with Crippen molar-refractivity contribution in [3.05, 3.63) is 63.7 Å². The van der Waals surface area contributed by atoms with Crippen LogP contribution in [-0.2, 0) is 4.79 Å². The largest absolute Gasteiger partial charge is 0.427 e. The third kappa shape index (κ3) is 4.13. The van der Waals surface area contributed by atoms with E-state index in [1.165, 1.54) is 49.4 Å². The molecule has 2 aromatic carbocycles. The molecule has 0 bridgehead atoms. The molecular weight excluding hydrogens is 300 g/mol. The number of carbonyl (C=O) groups excluding carboxylic acids is 2. The SMILES string of the molecule is CC(=O)Oc1ccc(C(=O)Nc2ccc([N+](=O)[O-])cc2C)cc1. The van der Waals surface area contributed by atoms with Gasteiger partial charge in [0.15, 0.2) is 0 Å². The summed E-state index contributed by atoms with van der Waals surface area (Å²) >= 11 is 0. The lowest BCUT2D eigenvalue weighted by atomic mass is 10.1. The Morgan fingerprint density at radius 2 is 1.78 bits per heavy atom. The van der Waals surface area contributed by atoms with E-state index < -0.39 is 10.9 Å². The Kier molecular flexibility index (Phi) is 4.70. The van der Waals surface area contributed by atoms with Gasteiger partial charge in [0, 0.05) is 30.3 Å². The van der Waals surface area contributed by atoms with E-state index >= 15 is 0 Å². The number of hydrogen-bond acceptors (Lipinski definition) is 5. The zero-order chi connectivity index (χ0) is 17.0. The van der Waals surface area contributed by atoms with E-state index in [0.29, 0.717) is 22.6 Å². The number of ether oxygens (including phenoxy) is 1. The van der Waals surface area contributed by atoms with Crippen molar-refractivity contribution < 1.29 is 19.2 Å². The maximum absolute atomic E-state index is 12.2. The highest BCUT2D eigenvalue weighted by Gasteiger charge is 2.11. The van der Waals surface area contributed by atoms with Crippen LogP contribution in [0, 0.1) is 17.0 Å². The van der Waals surface area contributed by atoms with Crippen LogP contribution in [0.2, 0.25) is 0 Å². The van der Waals surface area contributed by atoms with Crippen LogP contribution in [0.1, 0.15) is 22.8 Å². The van der Waals surface area contributed by atoms with E-state index in [0.717, 1.165) is 0 Å². The standard InChI is InChI=1S/C16H14N2O5/c1-10-9-13(18(21)22)5-8-15(10)17-16(20)12-3-6-14(7-4-12)23-11(2)19/h3-9H,1-2H3,(H,17,20). The Hall–Kier alpha value is -3.22. The fraction of sp³-hybridized carbons (Fsp3) is 0.125. The number of aryl methyl sites for hydroxylation is 1. The number of amides is 1. The minimum atomic E-state index is -0.494. The molecule has 1 N–H and O–H groups in total. The molecule has 0 aliphatic carbocycles. The Labute approximate surface area is 132 Å². The van der Waals surface area contributed by atoms with Crippen molar-refractivity contribution in [2.75, 3.05) is 5.32 Å². The monoisotopic (exact) mass is 314 g/mol. The van der Waals surface area contributed by atoms with E-state index in [2.05, 4.69) is 5.32 Å². The van der Waals surface area contributed by atoms with Gasteiger partial charge in [0.25, 0.3) is 11.6 Å². The second-order valence-corrected chi connectivity index (χ2v) is 4.83. The quantitative estimate of drug-likeness (QED) is 0.404. The summed E-state index contributed by atoms with van der Waals surface area (Å²) in [6.07, 6.45) is 0. The highest BCUT2D eigenvalue weighted by Crippen LogP contribution is 2.22. The molecule has 0 saturated carbocycles. The first-order valence-corrected chi connectivity index (χ1v) is 6.71. The number of non-ortho nitro benzene ring substituents is 1. The maximum Gasteiger partial charge on any atom is 0.308 e. The molecule has 7 nitrogen and oxygen atoms in total. The number of carbonyl (C=O) groups is 2. The zero-order valence-corrected chi connectivity index (χ0v) is 12.5. The summed E-state index contributed by atoms with van der Waals surface area (Å²) in [6, 6.07) is 10.3. The number of anilines is 1. The van der Waals surface area contributed by atoms with Crippen LogP contribution in [-0.4, -0.2) is 16.8 Å². The van der Waals surface area contributed by atoms with Crippen LogP contribution in [0.25, 0.3) is 0 Å². The molecule has 23 heavy (non-hydrogen) atoms. The van der Waals surface area contributed by atoms with Gasteiger partial charge in [0.1, 0.15) is 5.75 Å². The molecule has 0 radical (unpaired) electrons. The van der Waals surface area contributed by atoms with Gasteiger partial charge in [-0.3, -0.25) is 19.7 Å². The predicted molar refractivity (Wildman–Crippen MR) is 83.5 cm³/mol. The maximum atomic E-state index is 12.2. The summed E-state index contributed by atoms with van der Waals surface area (Å²) < 4.78 is 4.89. The molecule has 0 unspecified atom stereocenters. The molecule has 2 aromatic rings. The third-order valence-corrected chi connectivity index (χ3v) is 3.05. The van der Waals surface area contributed by atoms with Crippen LogP contribution >= 0.6 is 0 Å². The molecule has 0 saturated heterocycles. The number of nitrogens with zero attached hydrogens (tertiary/aromatic N) is 1. The summed E-state index contributed by atoms with van der Waals surface area (Å²) in [6.45, 7) is 2.96. The van der Waals surface area contributed by atoms with Gasteiger partial charge in [-0.2, -0.15) is 0 Å². The first-order chi connectivity index (χ1) is 10.9. The smallest absolute Gasteiger partial charge is 0.308 e. The molecule has 0 spiro atoms. The van der Waals surface area contributed by atoms with Crippen molar-refractivity contribution in [2.45, 2.75) is 13.8 Å². The molecule has 0 atom stereocenters. The highest BCUT2D eigenvalue weighted by atomic mass is 16.6. The molecule has 0 heterocycles. The topological polar surface area (TPSA) is 98.5 Å². The lowest BCUT2D eigenvalue weighted by Crippen LogP contribution is -2.13. The fourth-order valence-electron chi connectivity index (χ4n) is 1.94. The van der Waals surface area contributed by atoms with Gasteiger partial charge in [-0.25, -0.2) is 0 Å². The molecule has 0 fully saturated rings. The van der Waals surface area contributed by atoms with E-state index in [4.69, 9.17) is 4.74 Å². The zero-order valence-electron chi connectivity index (χ0n) is 12.5. The lowest BCUT2D eigenvalue weighted by Gasteiger charge is -2.09. The van der Waals surface area contributed by atoms with Crippen LogP contribution in [0.15, 0.2) is 42.5 Å². The van der Waals surface area contributed by atoms with Gasteiger partial charge < -0.3 is 10.1 Å². The molecule has 118 valence electrons. The van der Waals surface area contributed by atoms with E-state index in [9.17, 15) is 19.7 Å². The van der Waals surface area contributed by atoms with Gasteiger partial charge in [-0.1, -0.05) is 0 Å². The van der Waals surface area contributed by atoms with Crippen molar-refractivity contribution in [1.82, 2.24) is 0 Å². The first-order valence-electron chi connectivity index (χ1n) is 6.71. The number of nitrogens with one attached hydrogen (secondary N) is 1. The van der Waals surface area contributed by atoms with Crippen molar-refractivity contribution >= 4 is 23.3 Å². The van der Waals surface area contributed by atoms with Gasteiger partial charge in [-0.15, -0.1) is 0 Å². The molecular formula is C16H14N2O5. The van der Waals surface area contributed by atoms with Gasteiger partial charge >= 0.3 is 5.97 Å². The van der Waals surface area contributed by atoms with Crippen LogP contribution < -0.4 is 10.1 Å². The van der Waals surface area contributed by atoms with Crippen LogP contribution in [0.4, 0.5) is 11.4 Å². The number of hydrogen-bond donors (Lipinski definition) is 1. The van der Waals surface area contributed by atoms with Gasteiger partial charge in [0.05, 0.1) is 4.92 Å². The van der Waals surface area contributed by atoms with Crippen molar-refractivity contribution in [2.24, 2.45) is 0 Å². The Morgan fingerprint density at radius 1 is 1.13 bits per heavy atom. The Balaban J connectivity index is 2.12. The molecule has 0 aromatic heterocycles. The van der Waals surface area contributed by atoms with Crippen LogP contribution in [0.3, 0.4) is 0 Å². The van der Waals surface area contributed by atoms with E-state index in [-0.39, 0.29) is 11.6 Å². The average Bonchev–Trinajstić information content (AvgIpc) is 2.49. The van der Waals surface area contributed by atoms with Crippen molar-refractivity contribution in [3.63, 3.8) is 0 Å². The van der Waals surface area contributed by atoms with E-state index in [1.54, 1.807) is 6.92 Å². The summed E-state index contributed by atoms with van der Waals surface area (Å²) in [4.78, 5) is 33.2. The second kappa shape index (κ2) is 6.69. The second-order valence-electron chi connectivity index (χ2n) is 4.83. The lowest BCUT2D eigenvalue weighted by molar-refractivity contribution is -0.384. The van der Waals surface area contributed by atoms with Crippen molar-refractivity contribution in [1.29, 1.82) is 0 Å². The van der Waals surface area contributed by atoms with Crippen LogP contribution in [0.5, 0.6) is 5.75 Å². The number of nitro groups is 1. The normalized spacial score (nSPS) is 10.0. The van der Waals surface area contributed by atoms with Crippen molar-refractivity contribution in [3.8, 4) is 5.75 Å². The summed E-state index contributed by atoms with van der Waals surface area (Å²) in [5, 5.41) is 13.4. The predicted octanol–water partition coefficient (Wildman–Crippen LogP) is 3.08. The molecule has 0 aliphatic heterocycles. The minimum Gasteiger partial charge on any atom is -0.427 e. The molecule has 1 amide bonds. The Bertz CT molecular complexity index is 769. The van der Waals surface area contributed by atoms with Gasteiger partial charge in [-0.05, 0) is 42.8 Å². The number of nitro benzene ring substituents is 1. The number of benzene rings is 2. The number of rotatable bonds is 4. The highest BCUT2D eigenvalue weighted by molar-refractivity contribution is 6.04. The summed E-state index contributed by atoms with van der Waals surface area (Å²) in [5.41, 5.74) is 1.42. The Morgan fingerprint density at radius 3 is 2.30 bits per heavy atom. The molecule has 0 aliphatic rings. The van der Waals surface area contributed by atoms with Gasteiger partial charge in [0.2, 0.25) is 0 Å². The third-order valence-electron chi connectivity index (χ3n) is 3.05. The summed E-state index contributed by atoms with van der Waals surface area (Å²) in [7, 11) is 0. The first kappa shape index (κ1) is 16.2. The number of esters is 1. The van der Waals surface area contributed by atoms with E-state index in [1.807, 2.05) is 0 Å². The minimum absolute atomic E-state index is 0.0359.